The molecule has 0 saturated carbocycles. The average molecular weight is 369 g/mol. The van der Waals surface area contributed by atoms with Gasteiger partial charge in [0.2, 0.25) is 5.91 Å². The number of halogens is 4. The van der Waals surface area contributed by atoms with Crippen molar-refractivity contribution >= 4 is 33.5 Å². The Morgan fingerprint density at radius 2 is 1.81 bits per heavy atom. The van der Waals surface area contributed by atoms with Gasteiger partial charge in [0.05, 0.1) is 6.04 Å². The highest BCUT2D eigenvalue weighted by molar-refractivity contribution is 9.10. The fraction of sp³-hybridized carbons (Fsp3) is 0.333. The Morgan fingerprint density at radius 1 is 1.33 bits per heavy atom. The van der Waals surface area contributed by atoms with Gasteiger partial charge in [-0.05, 0) is 30.7 Å². The van der Waals surface area contributed by atoms with Gasteiger partial charge in [0.1, 0.15) is 0 Å². The van der Waals surface area contributed by atoms with Crippen LogP contribution >= 0.6 is 15.9 Å². The van der Waals surface area contributed by atoms with Gasteiger partial charge in [-0.1, -0.05) is 15.9 Å². The summed E-state index contributed by atoms with van der Waals surface area (Å²) in [5.74, 6) is -2.74. The van der Waals surface area contributed by atoms with Gasteiger partial charge in [0.15, 0.2) is 0 Å². The Balaban J connectivity index is 0.000000270. The molecule has 1 aliphatic rings. The largest absolute Gasteiger partial charge is 0.490 e. The van der Waals surface area contributed by atoms with E-state index in [0.717, 1.165) is 23.1 Å². The molecule has 0 spiro atoms. The summed E-state index contributed by atoms with van der Waals surface area (Å²) in [5, 5.41) is 7.12. The monoisotopic (exact) mass is 368 g/mol. The Labute approximate surface area is 126 Å². The lowest BCUT2D eigenvalue weighted by atomic mass is 10.3. The van der Waals surface area contributed by atoms with E-state index in [0.29, 0.717) is 0 Å². The number of rotatable bonds is 1. The van der Waals surface area contributed by atoms with Crippen molar-refractivity contribution < 1.29 is 27.9 Å². The SMILES string of the molecule is NC1CCN(c2ccc(Br)cc2)C1=O.O=C(O)C(F)(F)F. The van der Waals surface area contributed by atoms with E-state index in [2.05, 4.69) is 15.9 Å². The maximum absolute atomic E-state index is 11.6. The maximum Gasteiger partial charge on any atom is 0.490 e. The molecule has 3 N–H and O–H groups in total. The van der Waals surface area contributed by atoms with E-state index in [-0.39, 0.29) is 11.9 Å². The van der Waals surface area contributed by atoms with Crippen molar-refractivity contribution in [3.8, 4) is 0 Å². The number of hydrogen-bond donors (Lipinski definition) is 2. The molecule has 0 aromatic heterocycles. The molecule has 1 saturated heterocycles. The first-order chi connectivity index (χ1) is 9.62. The third kappa shape index (κ3) is 5.01. The van der Waals surface area contributed by atoms with Crippen molar-refractivity contribution in [1.82, 2.24) is 0 Å². The predicted molar refractivity (Wildman–Crippen MR) is 72.8 cm³/mol. The molecule has 1 atom stereocenters. The number of amides is 1. The number of alkyl halides is 3. The maximum atomic E-state index is 11.6. The molecule has 1 aromatic rings. The second kappa shape index (κ2) is 6.90. The van der Waals surface area contributed by atoms with Crippen LogP contribution in [0.2, 0.25) is 0 Å². The molecule has 1 fully saturated rings. The van der Waals surface area contributed by atoms with Crippen LogP contribution in [0.25, 0.3) is 0 Å². The van der Waals surface area contributed by atoms with Crippen molar-refractivity contribution in [1.29, 1.82) is 0 Å². The number of hydrogen-bond acceptors (Lipinski definition) is 3. The van der Waals surface area contributed by atoms with E-state index in [9.17, 15) is 18.0 Å². The van der Waals surface area contributed by atoms with E-state index in [1.165, 1.54) is 0 Å². The summed E-state index contributed by atoms with van der Waals surface area (Å²) in [5.41, 5.74) is 6.56. The summed E-state index contributed by atoms with van der Waals surface area (Å²) in [6.45, 7) is 0.724. The van der Waals surface area contributed by atoms with Gasteiger partial charge in [0, 0.05) is 16.7 Å². The minimum Gasteiger partial charge on any atom is -0.475 e. The fourth-order valence-corrected chi connectivity index (χ4v) is 1.84. The predicted octanol–water partition coefficient (Wildman–Crippen LogP) is 2.15. The summed E-state index contributed by atoms with van der Waals surface area (Å²) in [4.78, 5) is 22.2. The number of carbonyl (C=O) groups is 2. The summed E-state index contributed by atoms with van der Waals surface area (Å²) in [7, 11) is 0. The minimum absolute atomic E-state index is 0.0207. The molecule has 21 heavy (non-hydrogen) atoms. The lowest BCUT2D eigenvalue weighted by Crippen LogP contribution is -2.33. The number of anilines is 1. The Bertz CT molecular complexity index is 519. The standard InChI is InChI=1S/C10H11BrN2O.C2HF3O2/c11-7-1-3-8(4-2-7)13-6-5-9(12)10(13)14;3-2(4,5)1(6)7/h1-4,9H,5-6,12H2;(H,6,7). The average Bonchev–Trinajstić information content (AvgIpc) is 2.71. The molecule has 1 unspecified atom stereocenters. The van der Waals surface area contributed by atoms with Crippen LogP contribution in [0.5, 0.6) is 0 Å². The second-order valence-corrected chi connectivity index (χ2v) is 5.08. The third-order valence-corrected chi connectivity index (χ3v) is 3.16. The van der Waals surface area contributed by atoms with Crippen LogP contribution in [0.4, 0.5) is 18.9 Å². The van der Waals surface area contributed by atoms with Crippen LogP contribution in [-0.2, 0) is 9.59 Å². The quantitative estimate of drug-likeness (QED) is 0.795. The van der Waals surface area contributed by atoms with Crippen LogP contribution in [0.3, 0.4) is 0 Å². The smallest absolute Gasteiger partial charge is 0.475 e. The number of nitrogens with zero attached hydrogens (tertiary/aromatic N) is 1. The summed E-state index contributed by atoms with van der Waals surface area (Å²) in [6, 6.07) is 7.36. The molecule has 9 heteroatoms. The van der Waals surface area contributed by atoms with E-state index in [4.69, 9.17) is 15.6 Å². The van der Waals surface area contributed by atoms with Crippen molar-refractivity contribution in [3.05, 3.63) is 28.7 Å². The van der Waals surface area contributed by atoms with Gasteiger partial charge < -0.3 is 15.7 Å². The van der Waals surface area contributed by atoms with Crippen molar-refractivity contribution in [2.45, 2.75) is 18.6 Å². The van der Waals surface area contributed by atoms with Gasteiger partial charge in [-0.2, -0.15) is 13.2 Å². The number of nitrogens with two attached hydrogens (primary N) is 1. The lowest BCUT2D eigenvalue weighted by molar-refractivity contribution is -0.192. The molecule has 1 aromatic carbocycles. The van der Waals surface area contributed by atoms with E-state index < -0.39 is 12.1 Å². The highest BCUT2D eigenvalue weighted by atomic mass is 79.9. The molecule has 116 valence electrons. The van der Waals surface area contributed by atoms with E-state index >= 15 is 0 Å². The molecule has 5 nitrogen and oxygen atoms in total. The molecule has 0 aliphatic carbocycles. The molecule has 2 rings (SSSR count). The van der Waals surface area contributed by atoms with Gasteiger partial charge >= 0.3 is 12.1 Å². The first kappa shape index (κ1) is 17.4. The number of aliphatic carboxylic acids is 1. The fourth-order valence-electron chi connectivity index (χ4n) is 1.58. The zero-order chi connectivity index (χ0) is 16.2. The summed E-state index contributed by atoms with van der Waals surface area (Å²) >= 11 is 3.35. The highest BCUT2D eigenvalue weighted by Gasteiger charge is 2.38. The first-order valence-electron chi connectivity index (χ1n) is 5.75. The zero-order valence-corrected chi connectivity index (χ0v) is 12.2. The van der Waals surface area contributed by atoms with Gasteiger partial charge in [0.25, 0.3) is 0 Å². The number of carbonyl (C=O) groups excluding carboxylic acids is 1. The van der Waals surface area contributed by atoms with Crippen molar-refractivity contribution in [2.24, 2.45) is 5.73 Å². The zero-order valence-electron chi connectivity index (χ0n) is 10.6. The van der Waals surface area contributed by atoms with Crippen LogP contribution in [0.15, 0.2) is 28.7 Å². The van der Waals surface area contributed by atoms with Crippen LogP contribution in [0.1, 0.15) is 6.42 Å². The minimum atomic E-state index is -5.08. The van der Waals surface area contributed by atoms with Crippen molar-refractivity contribution in [2.75, 3.05) is 11.4 Å². The number of benzene rings is 1. The lowest BCUT2D eigenvalue weighted by Gasteiger charge is -2.15. The van der Waals surface area contributed by atoms with Crippen molar-refractivity contribution in [3.63, 3.8) is 0 Å². The normalized spacial score (nSPS) is 18.2. The molecule has 0 bridgehead atoms. The molecule has 1 aliphatic heterocycles. The molecular weight excluding hydrogens is 357 g/mol. The third-order valence-electron chi connectivity index (χ3n) is 2.63. The Hall–Kier alpha value is -1.61. The first-order valence-corrected chi connectivity index (χ1v) is 6.55. The molecule has 1 heterocycles. The van der Waals surface area contributed by atoms with E-state index in [1.54, 1.807) is 4.90 Å². The number of carboxylic acid groups (broad SMARTS) is 1. The van der Waals surface area contributed by atoms with Gasteiger partial charge in [-0.25, -0.2) is 4.79 Å². The van der Waals surface area contributed by atoms with Crippen LogP contribution in [0, 0.1) is 0 Å². The molecular formula is C12H12BrF3N2O3. The number of carboxylic acids is 1. The Morgan fingerprint density at radius 3 is 2.14 bits per heavy atom. The van der Waals surface area contributed by atoms with E-state index in [1.807, 2.05) is 24.3 Å². The van der Waals surface area contributed by atoms with Crippen LogP contribution < -0.4 is 10.6 Å². The molecule has 1 amide bonds. The Kier molecular flexibility index (Phi) is 5.73. The summed E-state index contributed by atoms with van der Waals surface area (Å²) < 4.78 is 32.7. The second-order valence-electron chi connectivity index (χ2n) is 4.16. The topological polar surface area (TPSA) is 83.6 Å². The van der Waals surface area contributed by atoms with Gasteiger partial charge in [-0.15, -0.1) is 0 Å². The van der Waals surface area contributed by atoms with Gasteiger partial charge in [-0.3, -0.25) is 4.79 Å². The molecule has 0 radical (unpaired) electrons. The van der Waals surface area contributed by atoms with Crippen LogP contribution in [-0.4, -0.2) is 35.7 Å². The highest BCUT2D eigenvalue weighted by Crippen LogP contribution is 2.22. The summed E-state index contributed by atoms with van der Waals surface area (Å²) in [6.07, 6.45) is -4.34.